The van der Waals surface area contributed by atoms with E-state index in [4.69, 9.17) is 21.1 Å². The standard InChI is InChI=1S/C29H37ClN4O4/c1-3-38-24-17-22(37-2)13-14-23(24)29(28(36)34-16-15-31-25(35)18-34)32-26(19-7-5-4-6-8-19)27(33-29)20-9-11-21(30)12-10-20/h9-14,17,19,26-27,32-33H,3-8,15-16,18H2,1-2H3,(H,31,35). The molecular formula is C29H37ClN4O4. The van der Waals surface area contributed by atoms with Crippen molar-refractivity contribution < 1.29 is 19.1 Å². The first-order valence-electron chi connectivity index (χ1n) is 13.6. The van der Waals surface area contributed by atoms with Crippen molar-refractivity contribution in [3.63, 3.8) is 0 Å². The van der Waals surface area contributed by atoms with Crippen LogP contribution in [0.25, 0.3) is 0 Å². The summed E-state index contributed by atoms with van der Waals surface area (Å²) in [5.74, 6) is 1.27. The molecule has 0 bridgehead atoms. The Bertz CT molecular complexity index is 1150. The molecule has 1 saturated carbocycles. The number of nitrogens with zero attached hydrogens (tertiary/aromatic N) is 1. The van der Waals surface area contributed by atoms with E-state index in [2.05, 4.69) is 16.0 Å². The van der Waals surface area contributed by atoms with Crippen LogP contribution in [-0.2, 0) is 15.3 Å². The lowest BCUT2D eigenvalue weighted by Crippen LogP contribution is -2.63. The summed E-state index contributed by atoms with van der Waals surface area (Å²) >= 11 is 6.24. The number of hydrogen-bond donors (Lipinski definition) is 3. The Labute approximate surface area is 229 Å². The molecule has 2 aromatic rings. The largest absolute Gasteiger partial charge is 0.497 e. The van der Waals surface area contributed by atoms with E-state index < -0.39 is 5.66 Å². The zero-order valence-corrected chi connectivity index (χ0v) is 22.9. The van der Waals surface area contributed by atoms with E-state index in [1.54, 1.807) is 12.0 Å². The van der Waals surface area contributed by atoms with E-state index in [1.807, 2.05) is 49.4 Å². The van der Waals surface area contributed by atoms with Gasteiger partial charge in [0.2, 0.25) is 5.91 Å². The summed E-state index contributed by atoms with van der Waals surface area (Å²) in [5, 5.41) is 11.1. The Morgan fingerprint density at radius 2 is 1.87 bits per heavy atom. The second-order valence-electron chi connectivity index (χ2n) is 10.4. The average Bonchev–Trinajstić information content (AvgIpc) is 3.35. The van der Waals surface area contributed by atoms with Crippen molar-refractivity contribution in [1.29, 1.82) is 0 Å². The Morgan fingerprint density at radius 1 is 1.11 bits per heavy atom. The minimum absolute atomic E-state index is 0.00405. The lowest BCUT2D eigenvalue weighted by Gasteiger charge is -2.38. The van der Waals surface area contributed by atoms with Gasteiger partial charge in [0.1, 0.15) is 11.5 Å². The van der Waals surface area contributed by atoms with Gasteiger partial charge >= 0.3 is 0 Å². The molecule has 2 saturated heterocycles. The van der Waals surface area contributed by atoms with Gasteiger partial charge in [-0.05, 0) is 55.5 Å². The maximum Gasteiger partial charge on any atom is 0.263 e. The van der Waals surface area contributed by atoms with Gasteiger partial charge in [-0.1, -0.05) is 43.0 Å². The molecule has 0 radical (unpaired) electrons. The Balaban J connectivity index is 1.64. The molecule has 3 aliphatic rings. The fourth-order valence-electron chi connectivity index (χ4n) is 6.20. The molecular weight excluding hydrogens is 504 g/mol. The molecule has 204 valence electrons. The maximum absolute atomic E-state index is 14.6. The van der Waals surface area contributed by atoms with Gasteiger partial charge in [-0.25, -0.2) is 0 Å². The van der Waals surface area contributed by atoms with Crippen LogP contribution in [0, 0.1) is 5.92 Å². The van der Waals surface area contributed by atoms with E-state index in [1.165, 1.54) is 19.3 Å². The van der Waals surface area contributed by atoms with Crippen LogP contribution in [0.15, 0.2) is 42.5 Å². The van der Waals surface area contributed by atoms with E-state index in [0.717, 1.165) is 18.4 Å². The minimum Gasteiger partial charge on any atom is -0.497 e. The minimum atomic E-state index is -1.29. The molecule has 3 fully saturated rings. The van der Waals surface area contributed by atoms with E-state index in [-0.39, 0.29) is 30.4 Å². The van der Waals surface area contributed by atoms with Gasteiger partial charge in [-0.2, -0.15) is 0 Å². The summed E-state index contributed by atoms with van der Waals surface area (Å²) in [6.07, 6.45) is 5.79. The smallest absolute Gasteiger partial charge is 0.263 e. The fraction of sp³-hybridized carbons (Fsp3) is 0.517. The molecule has 5 rings (SSSR count). The molecule has 2 heterocycles. The van der Waals surface area contributed by atoms with Gasteiger partial charge < -0.3 is 19.7 Å². The Kier molecular flexibility index (Phi) is 8.12. The number of rotatable bonds is 7. The van der Waals surface area contributed by atoms with Crippen molar-refractivity contribution in [3.8, 4) is 11.5 Å². The maximum atomic E-state index is 14.6. The number of benzene rings is 2. The fourth-order valence-corrected chi connectivity index (χ4v) is 6.33. The third kappa shape index (κ3) is 5.22. The molecule has 0 aromatic heterocycles. The van der Waals surface area contributed by atoms with E-state index in [0.29, 0.717) is 47.7 Å². The molecule has 3 atom stereocenters. The molecule has 3 unspecified atom stereocenters. The van der Waals surface area contributed by atoms with Crippen molar-refractivity contribution in [1.82, 2.24) is 20.9 Å². The third-order valence-corrected chi connectivity index (χ3v) is 8.29. The second-order valence-corrected chi connectivity index (χ2v) is 10.8. The molecule has 8 nitrogen and oxygen atoms in total. The summed E-state index contributed by atoms with van der Waals surface area (Å²) in [7, 11) is 1.61. The zero-order valence-electron chi connectivity index (χ0n) is 22.1. The zero-order chi connectivity index (χ0) is 26.7. The first-order valence-corrected chi connectivity index (χ1v) is 14.0. The van der Waals surface area contributed by atoms with Crippen molar-refractivity contribution in [2.45, 2.75) is 56.8 Å². The molecule has 2 amide bonds. The normalized spacial score (nSPS) is 26.2. The predicted molar refractivity (Wildman–Crippen MR) is 146 cm³/mol. The first-order chi connectivity index (χ1) is 18.4. The molecule has 2 aliphatic heterocycles. The quantitative estimate of drug-likeness (QED) is 0.495. The van der Waals surface area contributed by atoms with Crippen molar-refractivity contribution >= 4 is 23.4 Å². The number of methoxy groups -OCH3 is 1. The summed E-state index contributed by atoms with van der Waals surface area (Å²) < 4.78 is 11.6. The summed E-state index contributed by atoms with van der Waals surface area (Å²) in [6.45, 7) is 3.24. The summed E-state index contributed by atoms with van der Waals surface area (Å²) in [5.41, 5.74) is 0.462. The highest BCUT2D eigenvalue weighted by Gasteiger charge is 2.55. The third-order valence-electron chi connectivity index (χ3n) is 8.04. The molecule has 2 aromatic carbocycles. The lowest BCUT2D eigenvalue weighted by atomic mass is 9.80. The van der Waals surface area contributed by atoms with Crippen LogP contribution >= 0.6 is 11.6 Å². The van der Waals surface area contributed by atoms with Gasteiger partial charge in [0.05, 0.1) is 26.3 Å². The SMILES string of the molecule is CCOc1cc(OC)ccc1C1(C(=O)N2CCNC(=O)C2)NC(c2ccc(Cl)cc2)C(C2CCCCC2)N1. The van der Waals surface area contributed by atoms with Gasteiger partial charge in [-0.3, -0.25) is 20.2 Å². The van der Waals surface area contributed by atoms with E-state index >= 15 is 0 Å². The van der Waals surface area contributed by atoms with Crippen LogP contribution in [0.4, 0.5) is 0 Å². The molecule has 38 heavy (non-hydrogen) atoms. The van der Waals surface area contributed by atoms with Crippen LogP contribution in [0.3, 0.4) is 0 Å². The highest BCUT2D eigenvalue weighted by molar-refractivity contribution is 6.30. The number of amides is 2. The van der Waals surface area contributed by atoms with Crippen LogP contribution < -0.4 is 25.4 Å². The first kappa shape index (κ1) is 26.8. The van der Waals surface area contributed by atoms with Gasteiger partial charge in [0.15, 0.2) is 5.66 Å². The van der Waals surface area contributed by atoms with Gasteiger partial charge in [0.25, 0.3) is 5.91 Å². The van der Waals surface area contributed by atoms with Gasteiger partial charge in [0, 0.05) is 35.8 Å². The van der Waals surface area contributed by atoms with Crippen LogP contribution in [0.1, 0.15) is 56.2 Å². The molecule has 0 spiro atoms. The second kappa shape index (κ2) is 11.5. The number of hydrogen-bond acceptors (Lipinski definition) is 6. The molecule has 3 N–H and O–H groups in total. The molecule has 9 heteroatoms. The van der Waals surface area contributed by atoms with Crippen LogP contribution in [0.5, 0.6) is 11.5 Å². The van der Waals surface area contributed by atoms with Crippen LogP contribution in [-0.4, -0.2) is 56.1 Å². The van der Waals surface area contributed by atoms with Crippen LogP contribution in [0.2, 0.25) is 5.02 Å². The number of piperazine rings is 1. The van der Waals surface area contributed by atoms with Gasteiger partial charge in [-0.15, -0.1) is 0 Å². The Morgan fingerprint density at radius 3 is 2.55 bits per heavy atom. The summed E-state index contributed by atoms with van der Waals surface area (Å²) in [4.78, 5) is 28.5. The number of carbonyl (C=O) groups excluding carboxylic acids is 2. The number of nitrogens with one attached hydrogen (secondary N) is 3. The highest BCUT2D eigenvalue weighted by atomic mass is 35.5. The summed E-state index contributed by atoms with van der Waals surface area (Å²) in [6, 6.07) is 13.3. The average molecular weight is 541 g/mol. The Hall–Kier alpha value is -2.81. The molecule has 1 aliphatic carbocycles. The monoisotopic (exact) mass is 540 g/mol. The van der Waals surface area contributed by atoms with Crippen molar-refractivity contribution in [2.24, 2.45) is 5.92 Å². The van der Waals surface area contributed by atoms with Crippen molar-refractivity contribution in [2.75, 3.05) is 33.4 Å². The number of carbonyl (C=O) groups is 2. The number of halogens is 1. The number of ether oxygens (including phenoxy) is 2. The lowest BCUT2D eigenvalue weighted by molar-refractivity contribution is -0.144. The highest BCUT2D eigenvalue weighted by Crippen LogP contribution is 2.44. The van der Waals surface area contributed by atoms with Crippen molar-refractivity contribution in [3.05, 3.63) is 58.6 Å². The predicted octanol–water partition coefficient (Wildman–Crippen LogP) is 3.74. The topological polar surface area (TPSA) is 91.9 Å². The van der Waals surface area contributed by atoms with E-state index in [9.17, 15) is 9.59 Å².